The molecule has 0 aliphatic carbocycles. The van der Waals surface area contributed by atoms with Gasteiger partial charge >= 0.3 is 0 Å². The molecule has 0 unspecified atom stereocenters. The van der Waals surface area contributed by atoms with Gasteiger partial charge in [0.25, 0.3) is 0 Å². The highest BCUT2D eigenvalue weighted by atomic mass is 32.2. The topological polar surface area (TPSA) is 79.4 Å². The van der Waals surface area contributed by atoms with Crippen LogP contribution in [0.5, 0.6) is 0 Å². The first kappa shape index (κ1) is 22.5. The lowest BCUT2D eigenvalue weighted by Gasteiger charge is -2.24. The van der Waals surface area contributed by atoms with Gasteiger partial charge in [0.05, 0.1) is 11.9 Å². The second-order valence-corrected chi connectivity index (χ2v) is 9.41. The van der Waals surface area contributed by atoms with Gasteiger partial charge in [-0.2, -0.15) is 0 Å². The fraction of sp³-hybridized carbons (Fsp3) is 0.250. The van der Waals surface area contributed by atoms with Crippen LogP contribution < -0.4 is 9.62 Å². The molecule has 0 aliphatic heterocycles. The van der Waals surface area contributed by atoms with Crippen molar-refractivity contribution in [3.8, 4) is 0 Å². The van der Waals surface area contributed by atoms with Gasteiger partial charge in [-0.15, -0.1) is 0 Å². The van der Waals surface area contributed by atoms with Gasteiger partial charge in [-0.3, -0.25) is 14.1 Å². The Hall–Kier alpha value is -3.19. The Morgan fingerprint density at radius 1 is 0.968 bits per heavy atom. The van der Waals surface area contributed by atoms with E-state index in [1.807, 2.05) is 61.5 Å². The van der Waals surface area contributed by atoms with Gasteiger partial charge in [-0.05, 0) is 66.8 Å². The number of carbonyl (C=O) groups is 1. The average molecular weight is 438 g/mol. The molecule has 2 aromatic carbocycles. The lowest BCUT2D eigenvalue weighted by Crippen LogP contribution is -2.32. The zero-order valence-corrected chi connectivity index (χ0v) is 18.6. The van der Waals surface area contributed by atoms with Crippen LogP contribution in [0.3, 0.4) is 0 Å². The quantitative estimate of drug-likeness (QED) is 0.545. The molecular formula is C24H27N3O3S. The average Bonchev–Trinajstić information content (AvgIpc) is 2.73. The van der Waals surface area contributed by atoms with E-state index in [0.29, 0.717) is 12.1 Å². The summed E-state index contributed by atoms with van der Waals surface area (Å²) in [5.74, 6) is -0.139. The van der Waals surface area contributed by atoms with Gasteiger partial charge < -0.3 is 5.32 Å². The van der Waals surface area contributed by atoms with Crippen molar-refractivity contribution in [3.63, 3.8) is 0 Å². The van der Waals surface area contributed by atoms with E-state index >= 15 is 0 Å². The molecule has 7 heteroatoms. The minimum atomic E-state index is -3.43. The third kappa shape index (κ3) is 6.65. The van der Waals surface area contributed by atoms with Crippen LogP contribution in [0.25, 0.3) is 0 Å². The van der Waals surface area contributed by atoms with Crippen LogP contribution >= 0.6 is 0 Å². The summed E-state index contributed by atoms with van der Waals surface area (Å²) < 4.78 is 25.8. The number of anilines is 2. The molecule has 1 aromatic heterocycles. The summed E-state index contributed by atoms with van der Waals surface area (Å²) in [4.78, 5) is 16.4. The van der Waals surface area contributed by atoms with Gasteiger partial charge in [0.2, 0.25) is 15.9 Å². The van der Waals surface area contributed by atoms with Gasteiger partial charge in [0.1, 0.15) is 0 Å². The molecule has 0 atom stereocenters. The number of hydrogen-bond acceptors (Lipinski definition) is 4. The molecule has 3 rings (SSSR count). The van der Waals surface area contributed by atoms with E-state index < -0.39 is 10.0 Å². The number of pyridine rings is 1. The molecule has 0 radical (unpaired) electrons. The first-order chi connectivity index (χ1) is 14.8. The van der Waals surface area contributed by atoms with Crippen LogP contribution in [-0.4, -0.2) is 32.1 Å². The molecule has 1 heterocycles. The lowest BCUT2D eigenvalue weighted by atomic mass is 10.1. The molecule has 0 saturated heterocycles. The van der Waals surface area contributed by atoms with E-state index in [2.05, 4.69) is 10.3 Å². The van der Waals surface area contributed by atoms with Crippen molar-refractivity contribution < 1.29 is 13.2 Å². The fourth-order valence-corrected chi connectivity index (χ4v) is 4.38. The van der Waals surface area contributed by atoms with Crippen molar-refractivity contribution in [2.45, 2.75) is 26.2 Å². The third-order valence-corrected chi connectivity index (χ3v) is 6.12. The zero-order chi connectivity index (χ0) is 22.3. The predicted octanol–water partition coefficient (Wildman–Crippen LogP) is 4.17. The SMILES string of the molecule is Cc1ccccc1N(CCCC(=O)Nc1ccc(Cc2ccncc2)cc1)S(C)(=O)=O. The maximum Gasteiger partial charge on any atom is 0.232 e. The summed E-state index contributed by atoms with van der Waals surface area (Å²) in [6.07, 6.45) is 6.19. The second kappa shape index (κ2) is 10.2. The molecule has 0 aliphatic rings. The number of nitrogens with one attached hydrogen (secondary N) is 1. The van der Waals surface area contributed by atoms with Crippen molar-refractivity contribution in [3.05, 3.63) is 89.7 Å². The summed E-state index contributed by atoms with van der Waals surface area (Å²) in [5, 5.41) is 2.88. The van der Waals surface area contributed by atoms with E-state index in [4.69, 9.17) is 0 Å². The second-order valence-electron chi connectivity index (χ2n) is 7.50. The number of sulfonamides is 1. The highest BCUT2D eigenvalue weighted by Crippen LogP contribution is 2.22. The number of hydrogen-bond donors (Lipinski definition) is 1. The molecule has 0 fully saturated rings. The molecule has 1 amide bonds. The number of benzene rings is 2. The van der Waals surface area contributed by atoms with Crippen LogP contribution in [0.4, 0.5) is 11.4 Å². The Bertz CT molecular complexity index is 1110. The Kier molecular flexibility index (Phi) is 7.41. The summed E-state index contributed by atoms with van der Waals surface area (Å²) in [5.41, 5.74) is 4.57. The molecule has 0 bridgehead atoms. The number of aromatic nitrogens is 1. The highest BCUT2D eigenvalue weighted by Gasteiger charge is 2.19. The third-order valence-electron chi connectivity index (χ3n) is 4.94. The largest absolute Gasteiger partial charge is 0.326 e. The summed E-state index contributed by atoms with van der Waals surface area (Å²) in [6, 6.07) is 19.0. The Balaban J connectivity index is 1.53. The van der Waals surface area contributed by atoms with Crippen molar-refractivity contribution in [1.29, 1.82) is 0 Å². The molecule has 0 spiro atoms. The molecule has 6 nitrogen and oxygen atoms in total. The predicted molar refractivity (Wildman–Crippen MR) is 125 cm³/mol. The van der Waals surface area contributed by atoms with Crippen LogP contribution in [0, 0.1) is 6.92 Å². The van der Waals surface area contributed by atoms with Gasteiger partial charge in [-0.1, -0.05) is 30.3 Å². The zero-order valence-electron chi connectivity index (χ0n) is 17.8. The Morgan fingerprint density at radius 3 is 2.26 bits per heavy atom. The molecule has 31 heavy (non-hydrogen) atoms. The number of aryl methyl sites for hydroxylation is 1. The summed E-state index contributed by atoms with van der Waals surface area (Å²) in [7, 11) is -3.43. The van der Waals surface area contributed by atoms with Crippen LogP contribution in [0.2, 0.25) is 0 Å². The molecule has 0 saturated carbocycles. The van der Waals surface area contributed by atoms with Crippen molar-refractivity contribution >= 4 is 27.3 Å². The Morgan fingerprint density at radius 2 is 1.61 bits per heavy atom. The Labute approximate surface area is 184 Å². The maximum atomic E-state index is 12.3. The first-order valence-corrected chi connectivity index (χ1v) is 12.0. The number of para-hydroxylation sites is 1. The maximum absolute atomic E-state index is 12.3. The van der Waals surface area contributed by atoms with Gasteiger partial charge in [-0.25, -0.2) is 8.42 Å². The van der Waals surface area contributed by atoms with Gasteiger partial charge in [0.15, 0.2) is 0 Å². The van der Waals surface area contributed by atoms with Crippen LogP contribution in [-0.2, 0) is 21.2 Å². The van der Waals surface area contributed by atoms with Crippen molar-refractivity contribution in [1.82, 2.24) is 4.98 Å². The van der Waals surface area contributed by atoms with E-state index in [9.17, 15) is 13.2 Å². The van der Waals surface area contributed by atoms with Gasteiger partial charge in [0, 0.05) is 31.0 Å². The molecule has 3 aromatic rings. The van der Waals surface area contributed by atoms with E-state index in [1.54, 1.807) is 18.5 Å². The smallest absolute Gasteiger partial charge is 0.232 e. The van der Waals surface area contributed by atoms with E-state index in [0.717, 1.165) is 23.2 Å². The number of nitrogens with zero attached hydrogens (tertiary/aromatic N) is 2. The number of amides is 1. The monoisotopic (exact) mass is 437 g/mol. The summed E-state index contributed by atoms with van der Waals surface area (Å²) in [6.45, 7) is 2.13. The standard InChI is InChI=1S/C24H27N3O3S/c1-19-6-3-4-7-23(19)27(31(2,29)30)17-5-8-24(28)26-22-11-9-20(10-12-22)18-21-13-15-25-16-14-21/h3-4,6-7,9-16H,5,8,17-18H2,1-2H3,(H,26,28). The van der Waals surface area contributed by atoms with E-state index in [1.165, 1.54) is 16.1 Å². The van der Waals surface area contributed by atoms with Crippen molar-refractivity contribution in [2.75, 3.05) is 22.4 Å². The highest BCUT2D eigenvalue weighted by molar-refractivity contribution is 7.92. The molecule has 1 N–H and O–H groups in total. The van der Waals surface area contributed by atoms with E-state index in [-0.39, 0.29) is 18.9 Å². The fourth-order valence-electron chi connectivity index (χ4n) is 3.36. The minimum Gasteiger partial charge on any atom is -0.326 e. The van der Waals surface area contributed by atoms with Crippen molar-refractivity contribution in [2.24, 2.45) is 0 Å². The number of rotatable bonds is 9. The summed E-state index contributed by atoms with van der Waals surface area (Å²) >= 11 is 0. The van der Waals surface area contributed by atoms with Crippen LogP contribution in [0.15, 0.2) is 73.1 Å². The first-order valence-electron chi connectivity index (χ1n) is 10.1. The molecule has 162 valence electrons. The molecular weight excluding hydrogens is 410 g/mol. The minimum absolute atomic E-state index is 0.139. The number of carbonyl (C=O) groups excluding carboxylic acids is 1. The lowest BCUT2D eigenvalue weighted by molar-refractivity contribution is -0.116. The normalized spacial score (nSPS) is 11.2. The van der Waals surface area contributed by atoms with Crippen LogP contribution in [0.1, 0.15) is 29.5 Å².